The first kappa shape index (κ1) is 15.8. The molecule has 0 aliphatic rings. The number of aryl methyl sites for hydroxylation is 2. The lowest BCUT2D eigenvalue weighted by molar-refractivity contribution is 0.102. The van der Waals surface area contributed by atoms with Crippen molar-refractivity contribution in [3.63, 3.8) is 0 Å². The van der Waals surface area contributed by atoms with Gasteiger partial charge in [0.05, 0.1) is 5.02 Å². The number of halogens is 2. The van der Waals surface area contributed by atoms with Gasteiger partial charge in [0.1, 0.15) is 11.5 Å². The normalized spacial score (nSPS) is 10.3. The average molecular weight is 369 g/mol. The molecule has 0 spiro atoms. The number of pyridine rings is 1. The minimum Gasteiger partial charge on any atom is -0.373 e. The number of rotatable bonds is 3. The van der Waals surface area contributed by atoms with Crippen LogP contribution in [0.2, 0.25) is 5.02 Å². The lowest BCUT2D eigenvalue weighted by Crippen LogP contribution is -2.16. The first-order valence-corrected chi connectivity index (χ1v) is 7.52. The molecule has 1 aromatic heterocycles. The lowest BCUT2D eigenvalue weighted by atomic mass is 10.1. The molecule has 1 heterocycles. The van der Waals surface area contributed by atoms with Gasteiger partial charge in [0.15, 0.2) is 0 Å². The number of amides is 1. The van der Waals surface area contributed by atoms with E-state index in [2.05, 4.69) is 31.5 Å². The van der Waals surface area contributed by atoms with Gasteiger partial charge in [-0.2, -0.15) is 0 Å². The highest BCUT2D eigenvalue weighted by atomic mass is 79.9. The number of carbonyl (C=O) groups is 1. The summed E-state index contributed by atoms with van der Waals surface area (Å²) in [7, 11) is 1.74. The zero-order chi connectivity index (χ0) is 15.6. The van der Waals surface area contributed by atoms with Gasteiger partial charge in [0, 0.05) is 17.2 Å². The number of hydrogen-bond acceptors (Lipinski definition) is 3. The Hall–Kier alpha value is -1.59. The Morgan fingerprint density at radius 2 is 1.86 bits per heavy atom. The third-order valence-corrected chi connectivity index (χ3v) is 3.82. The smallest absolute Gasteiger partial charge is 0.275 e. The molecule has 0 saturated heterocycles. The largest absolute Gasteiger partial charge is 0.373 e. The zero-order valence-corrected chi connectivity index (χ0v) is 14.3. The maximum atomic E-state index is 12.4. The molecule has 0 aliphatic carbocycles. The topological polar surface area (TPSA) is 54.0 Å². The van der Waals surface area contributed by atoms with Crippen molar-refractivity contribution in [2.24, 2.45) is 0 Å². The molecule has 0 atom stereocenters. The molecular weight excluding hydrogens is 354 g/mol. The number of anilines is 2. The molecule has 0 unspecified atom stereocenters. The highest BCUT2D eigenvalue weighted by molar-refractivity contribution is 9.10. The van der Waals surface area contributed by atoms with Crippen LogP contribution in [0.25, 0.3) is 0 Å². The van der Waals surface area contributed by atoms with Crippen molar-refractivity contribution in [1.29, 1.82) is 0 Å². The third kappa shape index (κ3) is 3.54. The van der Waals surface area contributed by atoms with Gasteiger partial charge in [0.2, 0.25) is 0 Å². The number of nitrogens with zero attached hydrogens (tertiary/aromatic N) is 1. The van der Waals surface area contributed by atoms with Crippen molar-refractivity contribution in [2.75, 3.05) is 17.7 Å². The highest BCUT2D eigenvalue weighted by Gasteiger charge is 2.15. The molecule has 0 aliphatic heterocycles. The number of carbonyl (C=O) groups excluding carboxylic acids is 1. The predicted molar refractivity (Wildman–Crippen MR) is 90.4 cm³/mol. The lowest BCUT2D eigenvalue weighted by Gasteiger charge is -2.13. The summed E-state index contributed by atoms with van der Waals surface area (Å²) in [5.41, 5.74) is 2.91. The van der Waals surface area contributed by atoms with Gasteiger partial charge >= 0.3 is 0 Å². The van der Waals surface area contributed by atoms with Gasteiger partial charge in [-0.05, 0) is 49.2 Å². The molecule has 0 saturated carbocycles. The molecule has 110 valence electrons. The Morgan fingerprint density at radius 3 is 2.43 bits per heavy atom. The second-order valence-electron chi connectivity index (χ2n) is 4.65. The average Bonchev–Trinajstić information content (AvgIpc) is 2.43. The second-order valence-corrected chi connectivity index (χ2v) is 5.97. The molecule has 1 amide bonds. The van der Waals surface area contributed by atoms with Crippen molar-refractivity contribution >= 4 is 44.9 Å². The highest BCUT2D eigenvalue weighted by Crippen LogP contribution is 2.26. The van der Waals surface area contributed by atoms with E-state index in [0.29, 0.717) is 10.8 Å². The number of aromatic nitrogens is 1. The summed E-state index contributed by atoms with van der Waals surface area (Å²) < 4.78 is 0.976. The van der Waals surface area contributed by atoms with E-state index in [1.165, 1.54) is 0 Å². The first-order valence-electron chi connectivity index (χ1n) is 6.34. The van der Waals surface area contributed by atoms with Crippen LogP contribution in [0.5, 0.6) is 0 Å². The molecule has 21 heavy (non-hydrogen) atoms. The van der Waals surface area contributed by atoms with E-state index in [1.54, 1.807) is 19.2 Å². The van der Waals surface area contributed by atoms with Crippen LogP contribution in [0.1, 0.15) is 21.6 Å². The number of hydrogen-bond donors (Lipinski definition) is 2. The predicted octanol–water partition coefficient (Wildman–Crippen LogP) is 4.41. The molecule has 2 N–H and O–H groups in total. The Morgan fingerprint density at radius 1 is 1.24 bits per heavy atom. The second kappa shape index (κ2) is 6.45. The first-order chi connectivity index (χ1) is 9.92. The SMILES string of the molecule is CNc1ccc(Cl)c(C(=O)Nc2c(C)cc(Br)cc2C)n1. The van der Waals surface area contributed by atoms with E-state index in [1.807, 2.05) is 26.0 Å². The van der Waals surface area contributed by atoms with Crippen LogP contribution in [0.4, 0.5) is 11.5 Å². The maximum Gasteiger partial charge on any atom is 0.275 e. The Bertz CT molecular complexity index is 680. The Balaban J connectivity index is 2.35. The van der Waals surface area contributed by atoms with Crippen LogP contribution >= 0.6 is 27.5 Å². The van der Waals surface area contributed by atoms with Crippen molar-refractivity contribution in [3.8, 4) is 0 Å². The molecule has 1 aromatic carbocycles. The fourth-order valence-corrected chi connectivity index (χ4v) is 2.90. The number of benzene rings is 1. The minimum absolute atomic E-state index is 0.199. The van der Waals surface area contributed by atoms with Gasteiger partial charge in [-0.1, -0.05) is 27.5 Å². The summed E-state index contributed by atoms with van der Waals surface area (Å²) in [6.07, 6.45) is 0. The van der Waals surface area contributed by atoms with Gasteiger partial charge in [-0.25, -0.2) is 4.98 Å². The molecule has 0 fully saturated rings. The summed E-state index contributed by atoms with van der Waals surface area (Å²) >= 11 is 9.49. The summed E-state index contributed by atoms with van der Waals surface area (Å²) in [4.78, 5) is 16.6. The van der Waals surface area contributed by atoms with Crippen LogP contribution in [-0.2, 0) is 0 Å². The van der Waals surface area contributed by atoms with E-state index >= 15 is 0 Å². The minimum atomic E-state index is -0.328. The van der Waals surface area contributed by atoms with Gasteiger partial charge < -0.3 is 10.6 Å². The molecule has 0 bridgehead atoms. The van der Waals surface area contributed by atoms with Crippen molar-refractivity contribution < 1.29 is 4.79 Å². The van der Waals surface area contributed by atoms with Gasteiger partial charge in [0.25, 0.3) is 5.91 Å². The molecule has 6 heteroatoms. The van der Waals surface area contributed by atoms with Crippen LogP contribution < -0.4 is 10.6 Å². The molecule has 2 rings (SSSR count). The van der Waals surface area contributed by atoms with Crippen LogP contribution in [0, 0.1) is 13.8 Å². The summed E-state index contributed by atoms with van der Waals surface area (Å²) in [6, 6.07) is 7.26. The van der Waals surface area contributed by atoms with Crippen molar-refractivity contribution in [3.05, 3.63) is 50.6 Å². The zero-order valence-electron chi connectivity index (χ0n) is 11.9. The third-order valence-electron chi connectivity index (χ3n) is 3.05. The Kier molecular flexibility index (Phi) is 4.85. The van der Waals surface area contributed by atoms with Gasteiger partial charge in [-0.15, -0.1) is 0 Å². The standard InChI is InChI=1S/C15H15BrClN3O/c1-8-6-10(16)7-9(2)13(8)20-15(21)14-11(17)4-5-12(18-3)19-14/h4-7H,1-3H3,(H,18,19)(H,20,21). The van der Waals surface area contributed by atoms with Crippen LogP contribution in [0.3, 0.4) is 0 Å². The van der Waals surface area contributed by atoms with Gasteiger partial charge in [-0.3, -0.25) is 4.79 Å². The van der Waals surface area contributed by atoms with Crippen LogP contribution in [0.15, 0.2) is 28.7 Å². The van der Waals surface area contributed by atoms with E-state index in [9.17, 15) is 4.79 Å². The summed E-state index contributed by atoms with van der Waals surface area (Å²) in [5, 5.41) is 6.09. The quantitative estimate of drug-likeness (QED) is 0.844. The fourth-order valence-electron chi connectivity index (χ4n) is 2.02. The Labute approximate surface area is 137 Å². The number of nitrogens with one attached hydrogen (secondary N) is 2. The molecule has 2 aromatic rings. The van der Waals surface area contributed by atoms with E-state index in [4.69, 9.17) is 11.6 Å². The molecular formula is C15H15BrClN3O. The fraction of sp³-hybridized carbons (Fsp3) is 0.200. The van der Waals surface area contributed by atoms with Crippen molar-refractivity contribution in [1.82, 2.24) is 4.98 Å². The van der Waals surface area contributed by atoms with E-state index in [-0.39, 0.29) is 11.6 Å². The summed E-state index contributed by atoms with van der Waals surface area (Å²) in [6.45, 7) is 3.87. The monoisotopic (exact) mass is 367 g/mol. The van der Waals surface area contributed by atoms with Crippen LogP contribution in [-0.4, -0.2) is 17.9 Å². The van der Waals surface area contributed by atoms with E-state index in [0.717, 1.165) is 21.3 Å². The molecule has 4 nitrogen and oxygen atoms in total. The maximum absolute atomic E-state index is 12.4. The van der Waals surface area contributed by atoms with Crippen molar-refractivity contribution in [2.45, 2.75) is 13.8 Å². The summed E-state index contributed by atoms with van der Waals surface area (Å²) in [5.74, 6) is 0.263. The molecule has 0 radical (unpaired) electrons. The van der Waals surface area contributed by atoms with E-state index < -0.39 is 0 Å².